The van der Waals surface area contributed by atoms with Gasteiger partial charge in [-0.05, 0) is 24.8 Å². The molecule has 1 aliphatic rings. The minimum atomic E-state index is -0.252. The van der Waals surface area contributed by atoms with E-state index in [0.29, 0.717) is 6.73 Å². The number of hydrogen-bond donors (Lipinski definition) is 0. The molecule has 0 spiro atoms. The Hall–Kier alpha value is -1.16. The highest BCUT2D eigenvalue weighted by Gasteiger charge is 2.20. The molecule has 0 N–H and O–H groups in total. The van der Waals surface area contributed by atoms with Crippen LogP contribution in [-0.2, 0) is 11.5 Å². The summed E-state index contributed by atoms with van der Waals surface area (Å²) >= 11 is 0. The molecule has 4 nitrogen and oxygen atoms in total. The van der Waals surface area contributed by atoms with Crippen molar-refractivity contribution in [1.82, 2.24) is 9.55 Å². The zero-order valence-electron chi connectivity index (χ0n) is 7.35. The van der Waals surface area contributed by atoms with E-state index in [4.69, 9.17) is 4.74 Å². The minimum Gasteiger partial charge on any atom is -0.360 e. The van der Waals surface area contributed by atoms with Crippen molar-refractivity contribution in [2.45, 2.75) is 19.6 Å². The zero-order chi connectivity index (χ0) is 9.10. The topological polar surface area (TPSA) is 44.1 Å². The molecule has 1 aliphatic carbocycles. The van der Waals surface area contributed by atoms with Crippen LogP contribution in [0.2, 0.25) is 0 Å². The van der Waals surface area contributed by atoms with Crippen LogP contribution in [0.15, 0.2) is 23.3 Å². The summed E-state index contributed by atoms with van der Waals surface area (Å²) in [5, 5.41) is 0. The molecule has 1 saturated carbocycles. The summed E-state index contributed by atoms with van der Waals surface area (Å²) in [6.07, 6.45) is 5.70. The monoisotopic (exact) mass is 180 g/mol. The van der Waals surface area contributed by atoms with Gasteiger partial charge in [0.1, 0.15) is 6.73 Å². The maximum absolute atomic E-state index is 11.1. The van der Waals surface area contributed by atoms with Gasteiger partial charge in [0.2, 0.25) is 0 Å². The lowest BCUT2D eigenvalue weighted by atomic mass is 10.5. The molecule has 0 aromatic carbocycles. The molecule has 13 heavy (non-hydrogen) atoms. The Morgan fingerprint density at radius 2 is 2.46 bits per heavy atom. The SMILES string of the molecule is O=c1ncccn1COCC1CC1. The van der Waals surface area contributed by atoms with E-state index in [0.717, 1.165) is 12.5 Å². The predicted molar refractivity (Wildman–Crippen MR) is 47.2 cm³/mol. The van der Waals surface area contributed by atoms with Gasteiger partial charge in [-0.3, -0.25) is 4.57 Å². The first-order chi connectivity index (χ1) is 6.36. The molecule has 0 saturated heterocycles. The smallest absolute Gasteiger partial charge is 0.349 e. The molecule has 2 rings (SSSR count). The van der Waals surface area contributed by atoms with Gasteiger partial charge >= 0.3 is 5.69 Å². The molecule has 4 heteroatoms. The Morgan fingerprint density at radius 1 is 1.62 bits per heavy atom. The third-order valence-electron chi connectivity index (χ3n) is 2.06. The van der Waals surface area contributed by atoms with E-state index >= 15 is 0 Å². The van der Waals surface area contributed by atoms with Gasteiger partial charge in [-0.1, -0.05) is 0 Å². The van der Waals surface area contributed by atoms with Crippen molar-refractivity contribution in [3.8, 4) is 0 Å². The summed E-state index contributed by atoms with van der Waals surface area (Å²) in [6, 6.07) is 1.72. The molecule has 0 unspecified atom stereocenters. The first kappa shape index (κ1) is 8.44. The van der Waals surface area contributed by atoms with Crippen molar-refractivity contribution in [2.24, 2.45) is 5.92 Å². The molecule has 1 heterocycles. The van der Waals surface area contributed by atoms with Gasteiger partial charge in [0, 0.05) is 12.4 Å². The van der Waals surface area contributed by atoms with Crippen molar-refractivity contribution in [1.29, 1.82) is 0 Å². The lowest BCUT2D eigenvalue weighted by Crippen LogP contribution is -2.22. The number of ether oxygens (including phenoxy) is 1. The first-order valence-corrected chi connectivity index (χ1v) is 4.45. The maximum atomic E-state index is 11.1. The highest BCUT2D eigenvalue weighted by atomic mass is 16.5. The summed E-state index contributed by atoms with van der Waals surface area (Å²) in [4.78, 5) is 14.7. The van der Waals surface area contributed by atoms with Gasteiger partial charge in [-0.2, -0.15) is 0 Å². The second kappa shape index (κ2) is 3.70. The van der Waals surface area contributed by atoms with E-state index in [1.807, 2.05) is 0 Å². The molecule has 1 aromatic rings. The van der Waals surface area contributed by atoms with Crippen LogP contribution in [0.3, 0.4) is 0 Å². The molecule has 0 atom stereocenters. The second-order valence-corrected chi connectivity index (χ2v) is 3.32. The van der Waals surface area contributed by atoms with Crippen LogP contribution in [0.4, 0.5) is 0 Å². The Labute approximate surface area is 76.2 Å². The fraction of sp³-hybridized carbons (Fsp3) is 0.556. The molecule has 0 aliphatic heterocycles. The standard InChI is InChI=1S/C9H12N2O2/c12-9-10-4-1-5-11(9)7-13-6-8-2-3-8/h1,4-5,8H,2-3,6-7H2. The summed E-state index contributed by atoms with van der Waals surface area (Å²) in [6.45, 7) is 1.09. The maximum Gasteiger partial charge on any atom is 0.349 e. The van der Waals surface area contributed by atoms with Crippen molar-refractivity contribution >= 4 is 0 Å². The fourth-order valence-electron chi connectivity index (χ4n) is 1.09. The van der Waals surface area contributed by atoms with Crippen molar-refractivity contribution in [3.05, 3.63) is 28.9 Å². The Bertz CT molecular complexity index is 330. The molecule has 0 bridgehead atoms. The second-order valence-electron chi connectivity index (χ2n) is 3.32. The third-order valence-corrected chi connectivity index (χ3v) is 2.06. The van der Waals surface area contributed by atoms with E-state index in [-0.39, 0.29) is 5.69 Å². The van der Waals surface area contributed by atoms with E-state index in [9.17, 15) is 4.79 Å². The Balaban J connectivity index is 1.85. The lowest BCUT2D eigenvalue weighted by molar-refractivity contribution is 0.0659. The molecule has 70 valence electrons. The summed E-state index contributed by atoms with van der Waals surface area (Å²) in [5.41, 5.74) is -0.252. The number of hydrogen-bond acceptors (Lipinski definition) is 3. The Morgan fingerprint density at radius 3 is 3.15 bits per heavy atom. The fourth-order valence-corrected chi connectivity index (χ4v) is 1.09. The predicted octanol–water partition coefficient (Wildman–Crippen LogP) is 0.627. The van der Waals surface area contributed by atoms with Crippen LogP contribution in [0.1, 0.15) is 12.8 Å². The highest BCUT2D eigenvalue weighted by Crippen LogP contribution is 2.28. The van der Waals surface area contributed by atoms with Gasteiger partial charge in [0.25, 0.3) is 0 Å². The average Bonchev–Trinajstić information content (AvgIpc) is 2.92. The first-order valence-electron chi connectivity index (χ1n) is 4.45. The zero-order valence-corrected chi connectivity index (χ0v) is 7.35. The minimum absolute atomic E-state index is 0.252. The molecule has 1 aromatic heterocycles. The van der Waals surface area contributed by atoms with Gasteiger partial charge < -0.3 is 4.74 Å². The van der Waals surface area contributed by atoms with Gasteiger partial charge in [-0.15, -0.1) is 0 Å². The van der Waals surface area contributed by atoms with Gasteiger partial charge in [0.15, 0.2) is 0 Å². The lowest BCUT2D eigenvalue weighted by Gasteiger charge is -2.04. The molecule has 0 radical (unpaired) electrons. The van der Waals surface area contributed by atoms with E-state index in [2.05, 4.69) is 4.98 Å². The highest BCUT2D eigenvalue weighted by molar-refractivity contribution is 4.80. The van der Waals surface area contributed by atoms with Crippen LogP contribution < -0.4 is 5.69 Å². The molecular weight excluding hydrogens is 168 g/mol. The number of rotatable bonds is 4. The number of aromatic nitrogens is 2. The van der Waals surface area contributed by atoms with Crippen LogP contribution in [0.25, 0.3) is 0 Å². The van der Waals surface area contributed by atoms with Crippen LogP contribution >= 0.6 is 0 Å². The third kappa shape index (κ3) is 2.39. The molecule has 1 fully saturated rings. The van der Waals surface area contributed by atoms with E-state index in [1.54, 1.807) is 12.3 Å². The summed E-state index contributed by atoms with van der Waals surface area (Å²) in [7, 11) is 0. The largest absolute Gasteiger partial charge is 0.360 e. The molecule has 0 amide bonds. The van der Waals surface area contributed by atoms with Crippen LogP contribution in [0.5, 0.6) is 0 Å². The summed E-state index contributed by atoms with van der Waals surface area (Å²) in [5.74, 6) is 0.729. The number of nitrogens with zero attached hydrogens (tertiary/aromatic N) is 2. The van der Waals surface area contributed by atoms with Crippen LogP contribution in [0, 0.1) is 5.92 Å². The quantitative estimate of drug-likeness (QED) is 0.682. The van der Waals surface area contributed by atoms with Gasteiger partial charge in [0.05, 0.1) is 6.61 Å². The van der Waals surface area contributed by atoms with E-state index < -0.39 is 0 Å². The normalized spacial score (nSPS) is 16.0. The van der Waals surface area contributed by atoms with Gasteiger partial charge in [-0.25, -0.2) is 9.78 Å². The average molecular weight is 180 g/mol. The van der Waals surface area contributed by atoms with Crippen LogP contribution in [-0.4, -0.2) is 16.2 Å². The van der Waals surface area contributed by atoms with E-state index in [1.165, 1.54) is 23.6 Å². The molecular formula is C9H12N2O2. The van der Waals surface area contributed by atoms with Crippen molar-refractivity contribution < 1.29 is 4.74 Å². The van der Waals surface area contributed by atoms with Crippen molar-refractivity contribution in [3.63, 3.8) is 0 Å². The van der Waals surface area contributed by atoms with Crippen molar-refractivity contribution in [2.75, 3.05) is 6.61 Å². The summed E-state index contributed by atoms with van der Waals surface area (Å²) < 4.78 is 6.81. The Kier molecular flexibility index (Phi) is 2.40.